The minimum atomic E-state index is 0. The van der Waals surface area contributed by atoms with Crippen molar-refractivity contribution in [1.82, 2.24) is 6.15 Å². The maximum Gasteiger partial charge on any atom is 0.119 e. The van der Waals surface area contributed by atoms with Gasteiger partial charge in [-0.25, -0.2) is 0 Å². The smallest absolute Gasteiger partial charge is 0.119 e. The molecule has 0 bridgehead atoms. The minimum Gasteiger partial charge on any atom is -0.497 e. The Balaban J connectivity index is 0.00000144. The van der Waals surface area contributed by atoms with E-state index in [1.54, 1.807) is 7.11 Å². The molecule has 1 aliphatic rings. The molecule has 0 aliphatic heterocycles. The van der Waals surface area contributed by atoms with Gasteiger partial charge in [-0.1, -0.05) is 42.5 Å². The van der Waals surface area contributed by atoms with E-state index in [4.69, 9.17) is 4.74 Å². The molecule has 22 heavy (non-hydrogen) atoms. The summed E-state index contributed by atoms with van der Waals surface area (Å²) in [6.07, 6.45) is 2.62. The summed E-state index contributed by atoms with van der Waals surface area (Å²) in [5.74, 6) is 1.67. The van der Waals surface area contributed by atoms with Crippen molar-refractivity contribution in [2.24, 2.45) is 0 Å². The molecular formula is C20H21NO. The highest BCUT2D eigenvalue weighted by Crippen LogP contribution is 2.45. The van der Waals surface area contributed by atoms with Crippen molar-refractivity contribution >= 4 is 10.8 Å². The number of benzene rings is 3. The van der Waals surface area contributed by atoms with Gasteiger partial charge in [-0.2, -0.15) is 0 Å². The van der Waals surface area contributed by atoms with Crippen LogP contribution in [0.15, 0.2) is 60.7 Å². The molecule has 1 fully saturated rings. The molecule has 0 radical (unpaired) electrons. The van der Waals surface area contributed by atoms with E-state index in [1.807, 2.05) is 6.07 Å². The van der Waals surface area contributed by atoms with Gasteiger partial charge in [-0.15, -0.1) is 0 Å². The summed E-state index contributed by atoms with van der Waals surface area (Å²) < 4.78 is 5.39. The van der Waals surface area contributed by atoms with Gasteiger partial charge in [0.25, 0.3) is 0 Å². The number of methoxy groups -OCH3 is 1. The van der Waals surface area contributed by atoms with Crippen LogP contribution in [0.1, 0.15) is 24.3 Å². The van der Waals surface area contributed by atoms with Gasteiger partial charge in [0.1, 0.15) is 5.75 Å². The van der Waals surface area contributed by atoms with Crippen molar-refractivity contribution in [2.75, 3.05) is 7.11 Å². The first-order valence-electron chi connectivity index (χ1n) is 7.52. The second kappa shape index (κ2) is 5.82. The third kappa shape index (κ3) is 2.58. The van der Waals surface area contributed by atoms with Crippen LogP contribution >= 0.6 is 0 Å². The Bertz CT molecular complexity index is 791. The number of rotatable bonds is 3. The van der Waals surface area contributed by atoms with E-state index in [2.05, 4.69) is 54.6 Å². The van der Waals surface area contributed by atoms with E-state index < -0.39 is 0 Å². The predicted molar refractivity (Wildman–Crippen MR) is 92.9 cm³/mol. The number of fused-ring (bicyclic) bond motifs is 1. The van der Waals surface area contributed by atoms with E-state index in [1.165, 1.54) is 40.3 Å². The molecular weight excluding hydrogens is 270 g/mol. The Kier molecular flexibility index (Phi) is 3.86. The van der Waals surface area contributed by atoms with Crippen molar-refractivity contribution in [1.29, 1.82) is 0 Å². The molecule has 3 aromatic carbocycles. The second-order valence-electron chi connectivity index (χ2n) is 5.79. The summed E-state index contributed by atoms with van der Waals surface area (Å²) in [5, 5.41) is 2.65. The molecule has 1 saturated carbocycles. The zero-order valence-corrected chi connectivity index (χ0v) is 12.9. The van der Waals surface area contributed by atoms with E-state index in [-0.39, 0.29) is 6.15 Å². The van der Waals surface area contributed by atoms with Gasteiger partial charge in [0, 0.05) is 0 Å². The summed E-state index contributed by atoms with van der Waals surface area (Å²) in [4.78, 5) is 0. The Hall–Kier alpha value is -2.32. The molecule has 2 nitrogen and oxygen atoms in total. The lowest BCUT2D eigenvalue weighted by Crippen LogP contribution is -1.89. The first-order valence-corrected chi connectivity index (χ1v) is 7.52. The number of hydrogen-bond acceptors (Lipinski definition) is 2. The maximum absolute atomic E-state index is 5.39. The van der Waals surface area contributed by atoms with E-state index in [0.717, 1.165) is 11.7 Å². The highest BCUT2D eigenvalue weighted by atomic mass is 16.5. The monoisotopic (exact) mass is 291 g/mol. The highest BCUT2D eigenvalue weighted by Gasteiger charge is 2.26. The van der Waals surface area contributed by atoms with Gasteiger partial charge in [0.2, 0.25) is 0 Å². The summed E-state index contributed by atoms with van der Waals surface area (Å²) in [7, 11) is 1.73. The van der Waals surface area contributed by atoms with Gasteiger partial charge in [0.15, 0.2) is 0 Å². The SMILES string of the molecule is COc1ccc2cc(-c3ccccc3)cc(C3CC3)c2c1.N. The molecule has 1 aliphatic carbocycles. The molecule has 0 heterocycles. The Labute approximate surface area is 131 Å². The number of ether oxygens (including phenoxy) is 1. The predicted octanol–water partition coefficient (Wildman–Crippen LogP) is 5.55. The van der Waals surface area contributed by atoms with Crippen molar-refractivity contribution < 1.29 is 4.74 Å². The Morgan fingerprint density at radius 2 is 1.64 bits per heavy atom. The molecule has 112 valence electrons. The molecule has 0 aromatic heterocycles. The van der Waals surface area contributed by atoms with Crippen LogP contribution in [0.4, 0.5) is 0 Å². The van der Waals surface area contributed by atoms with Crippen LogP contribution in [0.3, 0.4) is 0 Å². The lowest BCUT2D eigenvalue weighted by molar-refractivity contribution is 0.415. The number of hydrogen-bond donors (Lipinski definition) is 1. The van der Waals surface area contributed by atoms with Crippen molar-refractivity contribution in [3.63, 3.8) is 0 Å². The summed E-state index contributed by atoms with van der Waals surface area (Å²) in [6.45, 7) is 0. The summed E-state index contributed by atoms with van der Waals surface area (Å²) in [5.41, 5.74) is 4.08. The molecule has 4 rings (SSSR count). The first kappa shape index (κ1) is 14.6. The summed E-state index contributed by atoms with van der Waals surface area (Å²) in [6, 6.07) is 21.7. The van der Waals surface area contributed by atoms with Gasteiger partial charge in [-0.05, 0) is 64.4 Å². The van der Waals surface area contributed by atoms with E-state index >= 15 is 0 Å². The van der Waals surface area contributed by atoms with Crippen LogP contribution in [0.25, 0.3) is 21.9 Å². The fourth-order valence-corrected chi connectivity index (χ4v) is 3.02. The Morgan fingerprint density at radius 3 is 2.32 bits per heavy atom. The zero-order chi connectivity index (χ0) is 14.2. The van der Waals surface area contributed by atoms with Gasteiger partial charge < -0.3 is 10.9 Å². The van der Waals surface area contributed by atoms with Crippen LogP contribution in [0.5, 0.6) is 5.75 Å². The standard InChI is InChI=1S/C20H18O.H3N/c1-21-18-10-9-16-11-17(14-5-3-2-4-6-14)12-19(15-7-8-15)20(16)13-18;/h2-6,9-13,15H,7-8H2,1H3;1H3. The fraction of sp³-hybridized carbons (Fsp3) is 0.200. The van der Waals surface area contributed by atoms with Crippen molar-refractivity contribution in [2.45, 2.75) is 18.8 Å². The molecule has 3 aromatic rings. The zero-order valence-electron chi connectivity index (χ0n) is 12.9. The molecule has 0 saturated heterocycles. The Morgan fingerprint density at radius 1 is 0.864 bits per heavy atom. The topological polar surface area (TPSA) is 44.2 Å². The first-order chi connectivity index (χ1) is 10.3. The van der Waals surface area contributed by atoms with Gasteiger partial charge in [-0.3, -0.25) is 0 Å². The van der Waals surface area contributed by atoms with Crippen molar-refractivity contribution in [3.05, 3.63) is 66.2 Å². The highest BCUT2D eigenvalue weighted by molar-refractivity contribution is 5.92. The lowest BCUT2D eigenvalue weighted by Gasteiger charge is -2.11. The second-order valence-corrected chi connectivity index (χ2v) is 5.79. The third-order valence-electron chi connectivity index (χ3n) is 4.32. The van der Waals surface area contributed by atoms with Gasteiger partial charge >= 0.3 is 0 Å². The van der Waals surface area contributed by atoms with Crippen LogP contribution in [0.2, 0.25) is 0 Å². The van der Waals surface area contributed by atoms with Crippen LogP contribution in [-0.2, 0) is 0 Å². The average Bonchev–Trinajstić information content (AvgIpc) is 3.39. The van der Waals surface area contributed by atoms with Gasteiger partial charge in [0.05, 0.1) is 7.11 Å². The molecule has 0 atom stereocenters. The third-order valence-corrected chi connectivity index (χ3v) is 4.32. The fourth-order valence-electron chi connectivity index (χ4n) is 3.02. The minimum absolute atomic E-state index is 0. The molecule has 0 amide bonds. The van der Waals surface area contributed by atoms with Crippen LogP contribution in [0, 0.1) is 0 Å². The molecule has 2 heteroatoms. The van der Waals surface area contributed by atoms with E-state index in [0.29, 0.717) is 0 Å². The maximum atomic E-state index is 5.39. The summed E-state index contributed by atoms with van der Waals surface area (Å²) >= 11 is 0. The van der Waals surface area contributed by atoms with Crippen LogP contribution < -0.4 is 10.9 Å². The van der Waals surface area contributed by atoms with Crippen LogP contribution in [-0.4, -0.2) is 7.11 Å². The molecule has 0 spiro atoms. The molecule has 0 unspecified atom stereocenters. The van der Waals surface area contributed by atoms with E-state index in [9.17, 15) is 0 Å². The molecule has 3 N–H and O–H groups in total. The normalized spacial score (nSPS) is 13.7. The largest absolute Gasteiger partial charge is 0.497 e. The van der Waals surface area contributed by atoms with Crippen molar-refractivity contribution in [3.8, 4) is 16.9 Å². The average molecular weight is 291 g/mol. The quantitative estimate of drug-likeness (QED) is 0.687. The lowest BCUT2D eigenvalue weighted by atomic mass is 9.94.